The van der Waals surface area contributed by atoms with E-state index >= 15 is 0 Å². The number of carbonyl (C=O) groups is 1. The molecule has 5 rings (SSSR count). The fraction of sp³-hybridized carbons (Fsp3) is 0.273. The molecule has 0 spiro atoms. The monoisotopic (exact) mass is 392 g/mol. The number of thiazole rings is 1. The lowest BCUT2D eigenvalue weighted by Crippen LogP contribution is -2.30. The number of benzene rings is 2. The number of hydrogen-bond donors (Lipinski definition) is 0. The Morgan fingerprint density at radius 3 is 2.93 bits per heavy atom. The molecule has 5 nitrogen and oxygen atoms in total. The zero-order valence-electron chi connectivity index (χ0n) is 15.6. The van der Waals surface area contributed by atoms with Crippen molar-refractivity contribution < 1.29 is 13.9 Å². The first kappa shape index (κ1) is 17.4. The van der Waals surface area contributed by atoms with Crippen LogP contribution in [0.4, 0.5) is 0 Å². The number of amides is 1. The van der Waals surface area contributed by atoms with Crippen molar-refractivity contribution in [3.63, 3.8) is 0 Å². The third-order valence-electron chi connectivity index (χ3n) is 5.29. The first-order chi connectivity index (χ1) is 13.8. The van der Waals surface area contributed by atoms with E-state index in [2.05, 4.69) is 6.07 Å². The molecule has 0 N–H and O–H groups in total. The van der Waals surface area contributed by atoms with Crippen molar-refractivity contribution >= 4 is 38.4 Å². The van der Waals surface area contributed by atoms with Crippen LogP contribution in [0, 0.1) is 0 Å². The van der Waals surface area contributed by atoms with Crippen molar-refractivity contribution in [1.29, 1.82) is 0 Å². The normalized spacial score (nSPS) is 17.0. The Morgan fingerprint density at radius 1 is 1.25 bits per heavy atom. The highest BCUT2D eigenvalue weighted by Crippen LogP contribution is 2.38. The molecule has 1 aliphatic rings. The Bertz CT molecular complexity index is 1130. The van der Waals surface area contributed by atoms with Gasteiger partial charge in [-0.05, 0) is 31.0 Å². The van der Waals surface area contributed by atoms with Gasteiger partial charge in [-0.25, -0.2) is 4.98 Å². The summed E-state index contributed by atoms with van der Waals surface area (Å²) < 4.78 is 12.5. The van der Waals surface area contributed by atoms with Gasteiger partial charge in [0.1, 0.15) is 10.6 Å². The quantitative estimate of drug-likeness (QED) is 0.481. The summed E-state index contributed by atoms with van der Waals surface area (Å²) >= 11 is 1.67. The van der Waals surface area contributed by atoms with Crippen LogP contribution in [0.15, 0.2) is 52.9 Å². The second-order valence-electron chi connectivity index (χ2n) is 7.02. The number of likely N-dealkylation sites (tertiary alicyclic amines) is 1. The molecule has 1 atom stereocenters. The SMILES string of the molecule is COCc1c(C(=O)N2CCCC2c2nc3ccccc3s2)oc2ccccc12. The summed E-state index contributed by atoms with van der Waals surface area (Å²) in [6.45, 7) is 1.06. The predicted molar refractivity (Wildman–Crippen MR) is 110 cm³/mol. The number of ether oxygens (including phenoxy) is 1. The predicted octanol–water partition coefficient (Wildman–Crippen LogP) is 5.17. The molecule has 3 heterocycles. The summed E-state index contributed by atoms with van der Waals surface area (Å²) in [5.74, 6) is 0.307. The van der Waals surface area contributed by atoms with Crippen molar-refractivity contribution in [2.45, 2.75) is 25.5 Å². The summed E-state index contributed by atoms with van der Waals surface area (Å²) in [6.07, 6.45) is 1.89. The Kier molecular flexibility index (Phi) is 4.37. The number of carbonyl (C=O) groups excluding carboxylic acids is 1. The number of nitrogens with zero attached hydrogens (tertiary/aromatic N) is 2. The second-order valence-corrected chi connectivity index (χ2v) is 8.08. The molecule has 28 heavy (non-hydrogen) atoms. The Balaban J connectivity index is 1.54. The lowest BCUT2D eigenvalue weighted by atomic mass is 10.1. The minimum atomic E-state index is -0.0787. The van der Waals surface area contributed by atoms with Crippen LogP contribution in [-0.2, 0) is 11.3 Å². The fourth-order valence-electron chi connectivity index (χ4n) is 3.99. The van der Waals surface area contributed by atoms with Crippen LogP contribution in [-0.4, -0.2) is 29.4 Å². The molecule has 0 aliphatic carbocycles. The van der Waals surface area contributed by atoms with Crippen LogP contribution in [0.1, 0.15) is 40.0 Å². The molecule has 1 aliphatic heterocycles. The third kappa shape index (κ3) is 2.80. The molecule has 0 saturated carbocycles. The second kappa shape index (κ2) is 7.04. The summed E-state index contributed by atoms with van der Waals surface area (Å²) in [5.41, 5.74) is 2.53. The molecule has 0 bridgehead atoms. The number of aromatic nitrogens is 1. The highest BCUT2D eigenvalue weighted by Gasteiger charge is 2.35. The molecule has 142 valence electrons. The maximum Gasteiger partial charge on any atom is 0.290 e. The average molecular weight is 392 g/mol. The van der Waals surface area contributed by atoms with Gasteiger partial charge in [-0.3, -0.25) is 4.79 Å². The van der Waals surface area contributed by atoms with Crippen LogP contribution < -0.4 is 0 Å². The number of hydrogen-bond acceptors (Lipinski definition) is 5. The molecular weight excluding hydrogens is 372 g/mol. The lowest BCUT2D eigenvalue weighted by molar-refractivity contribution is 0.0699. The fourth-order valence-corrected chi connectivity index (χ4v) is 5.10. The highest BCUT2D eigenvalue weighted by molar-refractivity contribution is 7.18. The highest BCUT2D eigenvalue weighted by atomic mass is 32.1. The molecule has 4 aromatic rings. The van der Waals surface area contributed by atoms with Crippen molar-refractivity contribution in [1.82, 2.24) is 9.88 Å². The number of para-hydroxylation sites is 2. The number of rotatable bonds is 4. The van der Waals surface area contributed by atoms with E-state index in [1.165, 1.54) is 0 Å². The largest absolute Gasteiger partial charge is 0.451 e. The number of methoxy groups -OCH3 is 1. The van der Waals surface area contributed by atoms with E-state index in [0.29, 0.717) is 24.5 Å². The standard InChI is InChI=1S/C22H20N2O3S/c1-26-13-15-14-7-2-4-10-18(14)27-20(15)22(25)24-12-6-9-17(24)21-23-16-8-3-5-11-19(16)28-21/h2-5,7-8,10-11,17H,6,9,12-13H2,1H3. The van der Waals surface area contributed by atoms with E-state index < -0.39 is 0 Å². The van der Waals surface area contributed by atoms with Crippen LogP contribution in [0.5, 0.6) is 0 Å². The molecule has 6 heteroatoms. The van der Waals surface area contributed by atoms with Crippen molar-refractivity contribution in [2.24, 2.45) is 0 Å². The average Bonchev–Trinajstić information content (AvgIpc) is 3.44. The van der Waals surface area contributed by atoms with Crippen LogP contribution in [0.2, 0.25) is 0 Å². The van der Waals surface area contributed by atoms with E-state index in [1.807, 2.05) is 47.4 Å². The smallest absolute Gasteiger partial charge is 0.290 e. The van der Waals surface area contributed by atoms with E-state index in [-0.39, 0.29) is 11.9 Å². The van der Waals surface area contributed by atoms with E-state index in [0.717, 1.165) is 39.0 Å². The Morgan fingerprint density at radius 2 is 2.07 bits per heavy atom. The maximum absolute atomic E-state index is 13.5. The van der Waals surface area contributed by atoms with Crippen molar-refractivity contribution in [2.75, 3.05) is 13.7 Å². The van der Waals surface area contributed by atoms with Gasteiger partial charge < -0.3 is 14.1 Å². The molecule has 1 saturated heterocycles. The third-order valence-corrected chi connectivity index (χ3v) is 6.43. The molecule has 2 aromatic carbocycles. The van der Waals surface area contributed by atoms with Crippen molar-refractivity contribution in [3.05, 3.63) is 64.9 Å². The zero-order chi connectivity index (χ0) is 19.1. The van der Waals surface area contributed by atoms with Gasteiger partial charge in [-0.2, -0.15) is 0 Å². The topological polar surface area (TPSA) is 55.6 Å². The molecular formula is C22H20N2O3S. The number of fused-ring (bicyclic) bond motifs is 2. The van der Waals surface area contributed by atoms with Gasteiger partial charge >= 0.3 is 0 Å². The van der Waals surface area contributed by atoms with Gasteiger partial charge in [-0.15, -0.1) is 11.3 Å². The summed E-state index contributed by atoms with van der Waals surface area (Å²) in [4.78, 5) is 20.2. The molecule has 1 amide bonds. The van der Waals surface area contributed by atoms with E-state index in [9.17, 15) is 4.79 Å². The Labute approximate surface area is 166 Å². The molecule has 2 aromatic heterocycles. The van der Waals surface area contributed by atoms with Gasteiger partial charge in [0, 0.05) is 24.6 Å². The molecule has 0 radical (unpaired) electrons. The summed E-state index contributed by atoms with van der Waals surface area (Å²) in [5, 5.41) is 1.93. The number of furan rings is 1. The van der Waals surface area contributed by atoms with Gasteiger partial charge in [0.2, 0.25) is 0 Å². The van der Waals surface area contributed by atoms with Crippen LogP contribution in [0.3, 0.4) is 0 Å². The van der Waals surface area contributed by atoms with E-state index in [1.54, 1.807) is 18.4 Å². The molecule has 1 fully saturated rings. The van der Waals surface area contributed by atoms with Crippen molar-refractivity contribution in [3.8, 4) is 0 Å². The van der Waals surface area contributed by atoms with Crippen LogP contribution in [0.25, 0.3) is 21.2 Å². The summed E-state index contributed by atoms with van der Waals surface area (Å²) in [7, 11) is 1.63. The van der Waals surface area contributed by atoms with E-state index in [4.69, 9.17) is 14.1 Å². The minimum Gasteiger partial charge on any atom is -0.451 e. The van der Waals surface area contributed by atoms with Gasteiger partial charge in [-0.1, -0.05) is 30.3 Å². The first-order valence-corrected chi connectivity index (χ1v) is 10.2. The maximum atomic E-state index is 13.5. The minimum absolute atomic E-state index is 0.00601. The van der Waals surface area contributed by atoms with Crippen LogP contribution >= 0.6 is 11.3 Å². The van der Waals surface area contributed by atoms with Gasteiger partial charge in [0.25, 0.3) is 5.91 Å². The lowest BCUT2D eigenvalue weighted by Gasteiger charge is -2.22. The molecule has 1 unspecified atom stereocenters. The zero-order valence-corrected chi connectivity index (χ0v) is 16.4. The first-order valence-electron chi connectivity index (χ1n) is 9.42. The summed E-state index contributed by atoms with van der Waals surface area (Å²) in [6, 6.07) is 15.8. The van der Waals surface area contributed by atoms with Gasteiger partial charge in [0.15, 0.2) is 5.76 Å². The van der Waals surface area contributed by atoms with Gasteiger partial charge in [0.05, 0.1) is 22.9 Å². The Hall–Kier alpha value is -2.70.